The summed E-state index contributed by atoms with van der Waals surface area (Å²) in [5.74, 6) is -0.422. The van der Waals surface area contributed by atoms with Crippen LogP contribution in [0, 0.1) is 10.6 Å². The summed E-state index contributed by atoms with van der Waals surface area (Å²) >= 11 is 11.1. The number of methoxy groups -OCH3 is 1. The summed E-state index contributed by atoms with van der Waals surface area (Å²) in [5, 5.41) is 0.106. The molecule has 1 aromatic heterocycles. The van der Waals surface area contributed by atoms with Crippen molar-refractivity contribution in [2.45, 2.75) is 25.0 Å². The molecule has 0 saturated heterocycles. The third-order valence-electron chi connectivity index (χ3n) is 3.53. The summed E-state index contributed by atoms with van der Waals surface area (Å²) in [7, 11) is 1.70. The lowest BCUT2D eigenvalue weighted by Crippen LogP contribution is -2.32. The van der Waals surface area contributed by atoms with Crippen LogP contribution in [0.2, 0.25) is 5.02 Å². The Morgan fingerprint density at radius 1 is 1.50 bits per heavy atom. The van der Waals surface area contributed by atoms with E-state index in [4.69, 9.17) is 28.6 Å². The largest absolute Gasteiger partial charge is 0.381 e. The Morgan fingerprint density at radius 2 is 2.22 bits per heavy atom. The molecule has 0 radical (unpaired) electrons. The van der Waals surface area contributed by atoms with E-state index in [0.717, 1.165) is 23.9 Å². The van der Waals surface area contributed by atoms with Gasteiger partial charge < -0.3 is 14.3 Å². The predicted octanol–water partition coefficient (Wildman–Crippen LogP) is 3.84. The minimum absolute atomic E-state index is 0.106. The van der Waals surface area contributed by atoms with Gasteiger partial charge >= 0.3 is 0 Å². The first-order valence-corrected chi connectivity index (χ1v) is 6.51. The Balaban J connectivity index is 2.09. The molecule has 1 aliphatic carbocycles. The van der Waals surface area contributed by atoms with Crippen molar-refractivity contribution in [2.75, 3.05) is 7.11 Å². The number of imidazole rings is 1. The van der Waals surface area contributed by atoms with E-state index in [0.29, 0.717) is 4.77 Å². The zero-order valence-electron chi connectivity index (χ0n) is 9.74. The van der Waals surface area contributed by atoms with Crippen LogP contribution >= 0.6 is 23.8 Å². The van der Waals surface area contributed by atoms with Crippen LogP contribution in [0.4, 0.5) is 4.39 Å². The lowest BCUT2D eigenvalue weighted by Gasteiger charge is -2.35. The van der Waals surface area contributed by atoms with E-state index in [2.05, 4.69) is 4.98 Å². The summed E-state index contributed by atoms with van der Waals surface area (Å²) in [4.78, 5) is 3.06. The van der Waals surface area contributed by atoms with Crippen LogP contribution in [0.15, 0.2) is 12.1 Å². The number of aromatic amines is 1. The maximum absolute atomic E-state index is 13.5. The van der Waals surface area contributed by atoms with Crippen molar-refractivity contribution in [3.63, 3.8) is 0 Å². The maximum Gasteiger partial charge on any atom is 0.178 e. The molecule has 0 atom stereocenters. The van der Waals surface area contributed by atoms with Crippen molar-refractivity contribution >= 4 is 34.9 Å². The average Bonchev–Trinajstić information content (AvgIpc) is 2.55. The molecule has 1 aromatic carbocycles. The minimum atomic E-state index is -0.422. The number of benzene rings is 1. The molecule has 1 aliphatic rings. The Bertz CT molecular complexity index is 660. The highest BCUT2D eigenvalue weighted by atomic mass is 35.5. The van der Waals surface area contributed by atoms with Crippen molar-refractivity contribution in [2.24, 2.45) is 0 Å². The average molecular weight is 287 g/mol. The molecule has 1 saturated carbocycles. The molecule has 3 rings (SSSR count). The van der Waals surface area contributed by atoms with Crippen molar-refractivity contribution in [1.29, 1.82) is 0 Å². The zero-order chi connectivity index (χ0) is 12.9. The number of rotatable bonds is 2. The molecule has 0 unspecified atom stereocenters. The van der Waals surface area contributed by atoms with Gasteiger partial charge in [-0.3, -0.25) is 0 Å². The maximum atomic E-state index is 13.5. The fraction of sp³-hybridized carbons (Fsp3) is 0.417. The quantitative estimate of drug-likeness (QED) is 0.850. The van der Waals surface area contributed by atoms with Gasteiger partial charge in [-0.1, -0.05) is 11.6 Å². The Hall–Kier alpha value is -0.910. The van der Waals surface area contributed by atoms with E-state index >= 15 is 0 Å². The first-order valence-electron chi connectivity index (χ1n) is 5.72. The van der Waals surface area contributed by atoms with E-state index < -0.39 is 5.82 Å². The number of aromatic nitrogens is 2. The Morgan fingerprint density at radius 3 is 2.89 bits per heavy atom. The molecule has 6 heteroatoms. The number of fused-ring (bicyclic) bond motifs is 1. The highest BCUT2D eigenvalue weighted by Crippen LogP contribution is 2.37. The molecule has 1 N–H and O–H groups in total. The van der Waals surface area contributed by atoms with Crippen LogP contribution < -0.4 is 0 Å². The number of H-pyrrole nitrogens is 1. The summed E-state index contributed by atoms with van der Waals surface area (Å²) in [6.45, 7) is 0. The molecule has 1 heterocycles. The zero-order valence-corrected chi connectivity index (χ0v) is 11.3. The molecule has 0 bridgehead atoms. The van der Waals surface area contributed by atoms with E-state index in [9.17, 15) is 4.39 Å². The van der Waals surface area contributed by atoms with Gasteiger partial charge in [0.2, 0.25) is 0 Å². The van der Waals surface area contributed by atoms with Gasteiger partial charge in [-0.05, 0) is 31.1 Å². The molecule has 0 aliphatic heterocycles. The normalized spacial score (nSPS) is 23.3. The van der Waals surface area contributed by atoms with Crippen LogP contribution in [0.5, 0.6) is 0 Å². The van der Waals surface area contributed by atoms with Gasteiger partial charge in [-0.2, -0.15) is 0 Å². The number of halogens is 2. The Labute approximate surface area is 114 Å². The third-order valence-corrected chi connectivity index (χ3v) is 4.12. The molecule has 96 valence electrons. The summed E-state index contributed by atoms with van der Waals surface area (Å²) < 4.78 is 21.4. The van der Waals surface area contributed by atoms with E-state index in [1.807, 2.05) is 4.57 Å². The second-order valence-electron chi connectivity index (χ2n) is 4.57. The lowest BCUT2D eigenvalue weighted by atomic mass is 9.89. The highest BCUT2D eigenvalue weighted by molar-refractivity contribution is 7.71. The molecule has 3 nitrogen and oxygen atoms in total. The minimum Gasteiger partial charge on any atom is -0.381 e. The number of nitrogens with one attached hydrogen (secondary N) is 1. The number of hydrogen-bond donors (Lipinski definition) is 1. The van der Waals surface area contributed by atoms with Crippen LogP contribution in [-0.4, -0.2) is 22.8 Å². The van der Waals surface area contributed by atoms with Crippen molar-refractivity contribution in [3.05, 3.63) is 27.7 Å². The first-order chi connectivity index (χ1) is 8.60. The van der Waals surface area contributed by atoms with Crippen molar-refractivity contribution < 1.29 is 9.13 Å². The molecule has 0 spiro atoms. The van der Waals surface area contributed by atoms with Crippen LogP contribution in [0.3, 0.4) is 0 Å². The molecular weight excluding hydrogens is 275 g/mol. The third kappa shape index (κ3) is 1.77. The van der Waals surface area contributed by atoms with Gasteiger partial charge in [-0.15, -0.1) is 0 Å². The molecule has 1 fully saturated rings. The predicted molar refractivity (Wildman–Crippen MR) is 71.2 cm³/mol. The van der Waals surface area contributed by atoms with Gasteiger partial charge in [0.1, 0.15) is 5.82 Å². The monoisotopic (exact) mass is 286 g/mol. The second-order valence-corrected chi connectivity index (χ2v) is 5.36. The summed E-state index contributed by atoms with van der Waals surface area (Å²) in [6.07, 6.45) is 2.09. The standard InChI is InChI=1S/C12H12ClFN2OS/c1-17-7-2-6(3-7)16-11-5-9(14)8(13)4-10(11)15-12(16)18/h4-7H,2-3H2,1H3,(H,15,18). The number of ether oxygens (including phenoxy) is 1. The van der Waals surface area contributed by atoms with Gasteiger partial charge in [0, 0.05) is 19.2 Å². The fourth-order valence-electron chi connectivity index (χ4n) is 2.42. The smallest absolute Gasteiger partial charge is 0.178 e. The highest BCUT2D eigenvalue weighted by Gasteiger charge is 2.32. The van der Waals surface area contributed by atoms with Crippen LogP contribution in [-0.2, 0) is 4.74 Å². The topological polar surface area (TPSA) is 29.9 Å². The Kier molecular flexibility index (Phi) is 2.92. The number of hydrogen-bond acceptors (Lipinski definition) is 2. The van der Waals surface area contributed by atoms with E-state index in [-0.39, 0.29) is 17.2 Å². The van der Waals surface area contributed by atoms with Crippen molar-refractivity contribution in [3.8, 4) is 0 Å². The lowest BCUT2D eigenvalue weighted by molar-refractivity contribution is 0.00697. The molecule has 2 aromatic rings. The summed E-state index contributed by atoms with van der Waals surface area (Å²) in [6, 6.07) is 3.28. The van der Waals surface area contributed by atoms with Crippen LogP contribution in [0.25, 0.3) is 11.0 Å². The van der Waals surface area contributed by atoms with E-state index in [1.165, 1.54) is 6.07 Å². The first kappa shape index (κ1) is 12.1. The van der Waals surface area contributed by atoms with Gasteiger partial charge in [0.25, 0.3) is 0 Å². The molecule has 18 heavy (non-hydrogen) atoms. The van der Waals surface area contributed by atoms with Gasteiger partial charge in [0.15, 0.2) is 4.77 Å². The second kappa shape index (κ2) is 4.33. The van der Waals surface area contributed by atoms with Crippen molar-refractivity contribution in [1.82, 2.24) is 9.55 Å². The summed E-state index contributed by atoms with van der Waals surface area (Å²) in [5.41, 5.74) is 1.54. The fourth-order valence-corrected chi connectivity index (χ4v) is 2.95. The molecule has 0 amide bonds. The SMILES string of the molecule is COC1CC(n2c(=S)[nH]c3cc(Cl)c(F)cc32)C1. The van der Waals surface area contributed by atoms with E-state index in [1.54, 1.807) is 13.2 Å². The van der Waals surface area contributed by atoms with Gasteiger partial charge in [0.05, 0.1) is 22.2 Å². The molecular formula is C12H12ClFN2OS. The van der Waals surface area contributed by atoms with Gasteiger partial charge in [-0.25, -0.2) is 4.39 Å². The number of nitrogens with zero attached hydrogens (tertiary/aromatic N) is 1. The van der Waals surface area contributed by atoms with Crippen LogP contribution in [0.1, 0.15) is 18.9 Å².